The summed E-state index contributed by atoms with van der Waals surface area (Å²) in [6, 6.07) is 2.72. The molecule has 2 aliphatic rings. The van der Waals surface area contributed by atoms with Gasteiger partial charge in [0.15, 0.2) is 0 Å². The number of anilines is 1. The molecule has 0 amide bonds. The molecule has 2 aliphatic carbocycles. The molecule has 0 aromatic carbocycles. The zero-order valence-electron chi connectivity index (χ0n) is 11.5. The summed E-state index contributed by atoms with van der Waals surface area (Å²) in [5.74, 6) is 0.685. The van der Waals surface area contributed by atoms with Gasteiger partial charge in [0, 0.05) is 12.1 Å². The van der Waals surface area contributed by atoms with Crippen LogP contribution in [0.3, 0.4) is 0 Å². The van der Waals surface area contributed by atoms with E-state index in [1.165, 1.54) is 43.5 Å². The Labute approximate surface area is 122 Å². The number of nitrogens with one attached hydrogen (secondary N) is 1. The van der Waals surface area contributed by atoms with Crippen LogP contribution in [0.25, 0.3) is 0 Å². The number of nitrogens with zero attached hydrogens (tertiary/aromatic N) is 4. The van der Waals surface area contributed by atoms with E-state index >= 15 is 0 Å². The van der Waals surface area contributed by atoms with Gasteiger partial charge in [-0.25, -0.2) is 0 Å². The van der Waals surface area contributed by atoms with Crippen molar-refractivity contribution in [3.8, 4) is 0 Å². The second kappa shape index (κ2) is 5.16. The van der Waals surface area contributed by atoms with Crippen LogP contribution in [-0.4, -0.2) is 20.0 Å². The molecule has 2 aromatic heterocycles. The normalized spacial score (nSPS) is 19.6. The maximum Gasteiger partial charge on any atom is 0.206 e. The molecule has 6 heteroatoms. The van der Waals surface area contributed by atoms with Gasteiger partial charge in [0.05, 0.1) is 18.3 Å². The van der Waals surface area contributed by atoms with Gasteiger partial charge in [-0.2, -0.15) is 5.10 Å². The first-order valence-corrected chi connectivity index (χ1v) is 8.31. The van der Waals surface area contributed by atoms with Gasteiger partial charge in [-0.05, 0) is 31.7 Å². The predicted octanol–water partition coefficient (Wildman–Crippen LogP) is 3.34. The largest absolute Gasteiger partial charge is 0.354 e. The summed E-state index contributed by atoms with van der Waals surface area (Å²) in [7, 11) is 0. The summed E-state index contributed by atoms with van der Waals surface area (Å²) in [4.78, 5) is 0. The van der Waals surface area contributed by atoms with E-state index in [4.69, 9.17) is 0 Å². The Morgan fingerprint density at radius 1 is 1.20 bits per heavy atom. The van der Waals surface area contributed by atoms with Crippen molar-refractivity contribution in [2.45, 2.75) is 57.0 Å². The Balaban J connectivity index is 1.36. The highest BCUT2D eigenvalue weighted by molar-refractivity contribution is 7.15. The van der Waals surface area contributed by atoms with E-state index in [1.807, 2.05) is 0 Å². The molecule has 0 spiro atoms. The maximum absolute atomic E-state index is 4.67. The average Bonchev–Trinajstić information content (AvgIpc) is 2.93. The van der Waals surface area contributed by atoms with Crippen molar-refractivity contribution in [2.24, 2.45) is 0 Å². The highest BCUT2D eigenvalue weighted by Crippen LogP contribution is 2.42. The molecule has 106 valence electrons. The van der Waals surface area contributed by atoms with E-state index in [0.717, 1.165) is 17.4 Å². The standard InChI is InChI=1S/C14H19N5S/c1-2-4-12(3-1)19-8-7-11(18-19)9-15-14-17-16-13(20-14)10-5-6-10/h7-8,10,12H,1-6,9H2,(H,15,17). The molecule has 0 bridgehead atoms. The summed E-state index contributed by atoms with van der Waals surface area (Å²) in [6.07, 6.45) is 9.90. The Kier molecular flexibility index (Phi) is 3.18. The fourth-order valence-corrected chi connectivity index (χ4v) is 3.72. The lowest BCUT2D eigenvalue weighted by Gasteiger charge is -2.08. The molecule has 4 rings (SSSR count). The molecular weight excluding hydrogens is 270 g/mol. The second-order valence-electron chi connectivity index (χ2n) is 5.80. The molecule has 0 unspecified atom stereocenters. The number of rotatable bonds is 5. The zero-order valence-corrected chi connectivity index (χ0v) is 12.3. The van der Waals surface area contributed by atoms with Crippen molar-refractivity contribution in [2.75, 3.05) is 5.32 Å². The minimum absolute atomic E-state index is 0.617. The van der Waals surface area contributed by atoms with Crippen LogP contribution >= 0.6 is 11.3 Å². The van der Waals surface area contributed by atoms with Gasteiger partial charge >= 0.3 is 0 Å². The van der Waals surface area contributed by atoms with E-state index < -0.39 is 0 Å². The van der Waals surface area contributed by atoms with Gasteiger partial charge < -0.3 is 5.32 Å². The van der Waals surface area contributed by atoms with E-state index in [-0.39, 0.29) is 0 Å². The molecule has 0 atom stereocenters. The summed E-state index contributed by atoms with van der Waals surface area (Å²) in [6.45, 7) is 0.735. The quantitative estimate of drug-likeness (QED) is 0.917. The van der Waals surface area contributed by atoms with Gasteiger partial charge in [-0.1, -0.05) is 24.2 Å². The van der Waals surface area contributed by atoms with Crippen LogP contribution in [0.1, 0.15) is 61.2 Å². The first-order valence-electron chi connectivity index (χ1n) is 7.50. The minimum atomic E-state index is 0.617. The smallest absolute Gasteiger partial charge is 0.206 e. The molecule has 0 saturated heterocycles. The van der Waals surface area contributed by atoms with Gasteiger partial charge in [-0.15, -0.1) is 10.2 Å². The highest BCUT2D eigenvalue weighted by Gasteiger charge is 2.27. The fraction of sp³-hybridized carbons (Fsp3) is 0.643. The SMILES string of the molecule is c1cn(C2CCCC2)nc1CNc1nnc(C2CC2)s1. The number of hydrogen-bond acceptors (Lipinski definition) is 5. The van der Waals surface area contributed by atoms with Crippen molar-refractivity contribution in [1.82, 2.24) is 20.0 Å². The van der Waals surface area contributed by atoms with Crippen LogP contribution < -0.4 is 5.32 Å². The third-order valence-corrected chi connectivity index (χ3v) is 5.19. The van der Waals surface area contributed by atoms with Gasteiger partial charge in [-0.3, -0.25) is 4.68 Å². The molecule has 1 N–H and O–H groups in total. The molecule has 2 aromatic rings. The number of aromatic nitrogens is 4. The van der Waals surface area contributed by atoms with Crippen LogP contribution in [0.15, 0.2) is 12.3 Å². The van der Waals surface area contributed by atoms with E-state index in [0.29, 0.717) is 12.0 Å². The molecule has 0 aliphatic heterocycles. The monoisotopic (exact) mass is 289 g/mol. The molecule has 20 heavy (non-hydrogen) atoms. The van der Waals surface area contributed by atoms with Crippen LogP contribution in [0.4, 0.5) is 5.13 Å². The van der Waals surface area contributed by atoms with Gasteiger partial charge in [0.1, 0.15) is 5.01 Å². The van der Waals surface area contributed by atoms with Crippen LogP contribution in [0, 0.1) is 0 Å². The van der Waals surface area contributed by atoms with Crippen molar-refractivity contribution in [3.63, 3.8) is 0 Å². The first kappa shape index (κ1) is 12.3. The topological polar surface area (TPSA) is 55.6 Å². The molecule has 0 radical (unpaired) electrons. The molecule has 5 nitrogen and oxygen atoms in total. The Morgan fingerprint density at radius 2 is 2.05 bits per heavy atom. The third-order valence-electron chi connectivity index (χ3n) is 4.15. The van der Waals surface area contributed by atoms with E-state index in [2.05, 4.69) is 37.6 Å². The highest BCUT2D eigenvalue weighted by atomic mass is 32.1. The van der Waals surface area contributed by atoms with E-state index in [1.54, 1.807) is 11.3 Å². The van der Waals surface area contributed by atoms with Crippen molar-refractivity contribution in [1.29, 1.82) is 0 Å². The Hall–Kier alpha value is -1.43. The molecular formula is C14H19N5S. The summed E-state index contributed by atoms with van der Waals surface area (Å²) in [5.41, 5.74) is 1.08. The summed E-state index contributed by atoms with van der Waals surface area (Å²) in [5, 5.41) is 18.6. The minimum Gasteiger partial charge on any atom is -0.354 e. The van der Waals surface area contributed by atoms with Gasteiger partial charge in [0.25, 0.3) is 0 Å². The molecule has 2 fully saturated rings. The number of hydrogen-bond donors (Lipinski definition) is 1. The van der Waals surface area contributed by atoms with Crippen molar-refractivity contribution in [3.05, 3.63) is 23.0 Å². The van der Waals surface area contributed by atoms with Gasteiger partial charge in [0.2, 0.25) is 5.13 Å². The lowest BCUT2D eigenvalue weighted by molar-refractivity contribution is 0.463. The Morgan fingerprint density at radius 3 is 2.85 bits per heavy atom. The molecule has 2 saturated carbocycles. The van der Waals surface area contributed by atoms with Crippen LogP contribution in [0.2, 0.25) is 0 Å². The first-order chi connectivity index (χ1) is 9.88. The molecule has 2 heterocycles. The Bertz CT molecular complexity index is 580. The summed E-state index contributed by atoms with van der Waals surface area (Å²) >= 11 is 1.69. The maximum atomic E-state index is 4.67. The zero-order chi connectivity index (χ0) is 13.4. The third kappa shape index (κ3) is 2.57. The summed E-state index contributed by atoms with van der Waals surface area (Å²) < 4.78 is 2.14. The van der Waals surface area contributed by atoms with Crippen LogP contribution in [0.5, 0.6) is 0 Å². The van der Waals surface area contributed by atoms with E-state index in [9.17, 15) is 0 Å². The average molecular weight is 289 g/mol. The van der Waals surface area contributed by atoms with Crippen molar-refractivity contribution >= 4 is 16.5 Å². The lowest BCUT2D eigenvalue weighted by atomic mass is 10.3. The van der Waals surface area contributed by atoms with Crippen LogP contribution in [-0.2, 0) is 6.54 Å². The predicted molar refractivity (Wildman–Crippen MR) is 78.9 cm³/mol. The second-order valence-corrected chi connectivity index (χ2v) is 6.81. The fourth-order valence-electron chi connectivity index (χ4n) is 2.81. The van der Waals surface area contributed by atoms with Crippen molar-refractivity contribution < 1.29 is 0 Å². The lowest BCUT2D eigenvalue weighted by Crippen LogP contribution is -2.07.